The second-order valence-corrected chi connectivity index (χ2v) is 8.01. The summed E-state index contributed by atoms with van der Waals surface area (Å²) in [7, 11) is -3.56. The molecular formula is C7H10ClNO3S3. The fourth-order valence-corrected chi connectivity index (χ4v) is 3.68. The third-order valence-corrected chi connectivity index (χ3v) is 3.88. The zero-order valence-corrected chi connectivity index (χ0v) is 11.6. The Morgan fingerprint density at radius 3 is 2.60 bits per heavy atom. The second kappa shape index (κ2) is 4.90. The van der Waals surface area contributed by atoms with E-state index in [0.29, 0.717) is 9.59 Å². The molecule has 8 heteroatoms. The van der Waals surface area contributed by atoms with Crippen LogP contribution >= 0.6 is 34.7 Å². The number of thiazole rings is 1. The molecular weight excluding hydrogens is 278 g/mol. The van der Waals surface area contributed by atoms with Gasteiger partial charge in [0, 0.05) is 5.25 Å². The van der Waals surface area contributed by atoms with Crippen LogP contribution in [-0.2, 0) is 10.1 Å². The molecule has 1 aromatic rings. The molecule has 0 fully saturated rings. The molecule has 1 rings (SSSR count). The third-order valence-electron chi connectivity index (χ3n) is 1.10. The lowest BCUT2D eigenvalue weighted by atomic mass is 10.6. The zero-order valence-electron chi connectivity index (χ0n) is 8.35. The zero-order chi connectivity index (χ0) is 11.6. The van der Waals surface area contributed by atoms with E-state index < -0.39 is 10.1 Å². The van der Waals surface area contributed by atoms with Gasteiger partial charge < -0.3 is 4.18 Å². The highest BCUT2D eigenvalue weighted by atomic mass is 35.5. The number of aromatic nitrogens is 1. The molecule has 1 aromatic heterocycles. The van der Waals surface area contributed by atoms with E-state index in [0.717, 1.165) is 6.26 Å². The third kappa shape index (κ3) is 4.58. The molecule has 0 N–H and O–H groups in total. The Kier molecular flexibility index (Phi) is 4.28. The van der Waals surface area contributed by atoms with Crippen molar-refractivity contribution in [2.75, 3.05) is 6.26 Å². The normalized spacial score (nSPS) is 12.1. The van der Waals surface area contributed by atoms with Crippen LogP contribution in [0.5, 0.6) is 5.88 Å². The summed E-state index contributed by atoms with van der Waals surface area (Å²) in [6.07, 6.45) is 0.956. The average Bonchev–Trinajstić information content (AvgIpc) is 2.26. The topological polar surface area (TPSA) is 56.3 Å². The van der Waals surface area contributed by atoms with Crippen LogP contribution in [0.15, 0.2) is 4.34 Å². The van der Waals surface area contributed by atoms with Crippen molar-refractivity contribution < 1.29 is 12.6 Å². The maximum Gasteiger partial charge on any atom is 0.307 e. The van der Waals surface area contributed by atoms with Crippen LogP contribution in [0.25, 0.3) is 0 Å². The molecule has 0 spiro atoms. The molecule has 0 radical (unpaired) electrons. The smallest absolute Gasteiger partial charge is 0.307 e. The lowest BCUT2D eigenvalue weighted by molar-refractivity contribution is 0.483. The van der Waals surface area contributed by atoms with Crippen molar-refractivity contribution in [2.24, 2.45) is 0 Å². The number of hydrogen-bond donors (Lipinski definition) is 0. The van der Waals surface area contributed by atoms with Gasteiger partial charge >= 0.3 is 10.1 Å². The van der Waals surface area contributed by atoms with Gasteiger partial charge in [-0.05, 0) is 0 Å². The number of halogens is 1. The fraction of sp³-hybridized carbons (Fsp3) is 0.571. The van der Waals surface area contributed by atoms with Crippen LogP contribution in [0.4, 0.5) is 0 Å². The van der Waals surface area contributed by atoms with Crippen molar-refractivity contribution in [2.45, 2.75) is 23.4 Å². The molecule has 0 aliphatic rings. The molecule has 0 bridgehead atoms. The van der Waals surface area contributed by atoms with E-state index in [1.54, 1.807) is 0 Å². The summed E-state index contributed by atoms with van der Waals surface area (Å²) in [5.41, 5.74) is 0. The van der Waals surface area contributed by atoms with Crippen molar-refractivity contribution in [1.82, 2.24) is 4.98 Å². The first-order valence-corrected chi connectivity index (χ1v) is 7.89. The molecule has 0 aliphatic carbocycles. The molecule has 0 aromatic carbocycles. The van der Waals surface area contributed by atoms with E-state index in [1.807, 2.05) is 13.8 Å². The highest BCUT2D eigenvalue weighted by Crippen LogP contribution is 2.37. The molecule has 15 heavy (non-hydrogen) atoms. The Morgan fingerprint density at radius 2 is 2.13 bits per heavy atom. The average molecular weight is 288 g/mol. The van der Waals surface area contributed by atoms with E-state index in [2.05, 4.69) is 9.17 Å². The lowest BCUT2D eigenvalue weighted by Crippen LogP contribution is -2.06. The minimum Gasteiger partial charge on any atom is -0.359 e. The van der Waals surface area contributed by atoms with Gasteiger partial charge in [-0.1, -0.05) is 48.5 Å². The van der Waals surface area contributed by atoms with Crippen molar-refractivity contribution in [1.29, 1.82) is 0 Å². The van der Waals surface area contributed by atoms with Gasteiger partial charge in [0.25, 0.3) is 5.88 Å². The first-order chi connectivity index (χ1) is 6.78. The molecule has 0 unspecified atom stereocenters. The predicted molar refractivity (Wildman–Crippen MR) is 63.6 cm³/mol. The SMILES string of the molecule is CC(C)Sc1nc(OS(C)(=O)=O)c(Cl)s1. The highest BCUT2D eigenvalue weighted by Gasteiger charge is 2.16. The minimum absolute atomic E-state index is 0.0349. The quantitative estimate of drug-likeness (QED) is 0.629. The first-order valence-electron chi connectivity index (χ1n) is 4.00. The van der Waals surface area contributed by atoms with E-state index in [9.17, 15) is 8.42 Å². The summed E-state index contributed by atoms with van der Waals surface area (Å²) in [5.74, 6) is -0.0349. The lowest BCUT2D eigenvalue weighted by Gasteiger charge is -1.98. The Morgan fingerprint density at radius 1 is 1.53 bits per heavy atom. The van der Waals surface area contributed by atoms with E-state index in [1.165, 1.54) is 23.1 Å². The van der Waals surface area contributed by atoms with Gasteiger partial charge in [0.2, 0.25) is 0 Å². The molecule has 4 nitrogen and oxygen atoms in total. The molecule has 0 atom stereocenters. The number of thioether (sulfide) groups is 1. The Bertz CT molecular complexity index is 440. The van der Waals surface area contributed by atoms with E-state index in [-0.39, 0.29) is 10.2 Å². The molecule has 0 aliphatic heterocycles. The molecule has 1 heterocycles. The Labute approximate surface area is 102 Å². The summed E-state index contributed by atoms with van der Waals surface area (Å²) < 4.78 is 27.3. The number of nitrogens with zero attached hydrogens (tertiary/aromatic N) is 1. The first kappa shape index (κ1) is 13.1. The summed E-state index contributed by atoms with van der Waals surface area (Å²) in [6.45, 7) is 4.02. The van der Waals surface area contributed by atoms with Gasteiger partial charge in [-0.3, -0.25) is 0 Å². The van der Waals surface area contributed by atoms with Crippen molar-refractivity contribution in [3.05, 3.63) is 4.34 Å². The van der Waals surface area contributed by atoms with Gasteiger partial charge in [0.15, 0.2) is 8.68 Å². The van der Waals surface area contributed by atoms with Crippen LogP contribution in [0.1, 0.15) is 13.8 Å². The fourth-order valence-electron chi connectivity index (χ4n) is 0.717. The molecule has 0 amide bonds. The summed E-state index contributed by atoms with van der Waals surface area (Å²) in [5, 5.41) is 0.360. The van der Waals surface area contributed by atoms with Crippen molar-refractivity contribution in [3.63, 3.8) is 0 Å². The van der Waals surface area contributed by atoms with Crippen LogP contribution in [0.3, 0.4) is 0 Å². The van der Waals surface area contributed by atoms with Gasteiger partial charge in [-0.15, -0.1) is 0 Å². The van der Waals surface area contributed by atoms with Crippen LogP contribution in [0, 0.1) is 0 Å². The van der Waals surface area contributed by atoms with Gasteiger partial charge in [-0.2, -0.15) is 13.4 Å². The Hall–Kier alpha value is 0.0200. The molecule has 0 saturated carbocycles. The van der Waals surface area contributed by atoms with Crippen LogP contribution in [0.2, 0.25) is 4.34 Å². The second-order valence-electron chi connectivity index (χ2n) is 3.01. The highest BCUT2D eigenvalue weighted by molar-refractivity contribution is 8.01. The number of rotatable bonds is 4. The molecule has 86 valence electrons. The van der Waals surface area contributed by atoms with Crippen LogP contribution < -0.4 is 4.18 Å². The maximum atomic E-state index is 10.9. The summed E-state index contributed by atoms with van der Waals surface area (Å²) in [4.78, 5) is 3.98. The van der Waals surface area contributed by atoms with Gasteiger partial charge in [0.05, 0.1) is 6.26 Å². The largest absolute Gasteiger partial charge is 0.359 e. The minimum atomic E-state index is -3.56. The van der Waals surface area contributed by atoms with E-state index >= 15 is 0 Å². The van der Waals surface area contributed by atoms with Crippen molar-refractivity contribution >= 4 is 44.8 Å². The standard InChI is InChI=1S/C7H10ClNO3S3/c1-4(2)13-7-9-6(5(8)14-7)12-15(3,10)11/h4H,1-3H3. The van der Waals surface area contributed by atoms with Crippen molar-refractivity contribution in [3.8, 4) is 5.88 Å². The molecule has 0 saturated heterocycles. The van der Waals surface area contributed by atoms with Crippen LogP contribution in [-0.4, -0.2) is 24.9 Å². The predicted octanol–water partition coefficient (Wildman–Crippen LogP) is 2.64. The van der Waals surface area contributed by atoms with Gasteiger partial charge in [0.1, 0.15) is 0 Å². The summed E-state index contributed by atoms with van der Waals surface area (Å²) >= 11 is 8.51. The Balaban J connectivity index is 2.87. The monoisotopic (exact) mass is 287 g/mol. The summed E-state index contributed by atoms with van der Waals surface area (Å²) in [6, 6.07) is 0. The number of hydrogen-bond acceptors (Lipinski definition) is 6. The van der Waals surface area contributed by atoms with E-state index in [4.69, 9.17) is 11.6 Å². The maximum absolute atomic E-state index is 10.9. The van der Waals surface area contributed by atoms with Gasteiger partial charge in [-0.25, -0.2) is 0 Å².